The topological polar surface area (TPSA) is 51.7 Å². The van der Waals surface area contributed by atoms with Crippen LogP contribution in [0.4, 0.5) is 0 Å². The van der Waals surface area contributed by atoms with Crippen LogP contribution < -0.4 is 9.47 Å². The lowest BCUT2D eigenvalue weighted by Crippen LogP contribution is -2.26. The Labute approximate surface area is 149 Å². The van der Waals surface area contributed by atoms with Gasteiger partial charge in [0, 0.05) is 24.5 Å². The van der Waals surface area contributed by atoms with Gasteiger partial charge in [0.1, 0.15) is 10.7 Å². The monoisotopic (exact) mass is 352 g/mol. The molecule has 0 saturated carbocycles. The molecule has 6 heteroatoms. The van der Waals surface area contributed by atoms with Crippen molar-refractivity contribution in [3.63, 3.8) is 0 Å². The van der Waals surface area contributed by atoms with Crippen LogP contribution >= 0.6 is 11.3 Å². The Kier molecular flexibility index (Phi) is 4.11. The van der Waals surface area contributed by atoms with Crippen LogP contribution in [0, 0.1) is 0 Å². The number of hydrogen-bond donors (Lipinski definition) is 0. The summed E-state index contributed by atoms with van der Waals surface area (Å²) in [6.45, 7) is 0.725. The van der Waals surface area contributed by atoms with Crippen LogP contribution in [0.3, 0.4) is 0 Å². The summed E-state index contributed by atoms with van der Waals surface area (Å²) in [5.41, 5.74) is 2.47. The molecule has 0 atom stereocenters. The zero-order valence-corrected chi connectivity index (χ0v) is 14.5. The third-order valence-electron chi connectivity index (χ3n) is 3.95. The van der Waals surface area contributed by atoms with Gasteiger partial charge in [-0.25, -0.2) is 4.98 Å². The summed E-state index contributed by atoms with van der Waals surface area (Å²) in [5.74, 6) is 1.36. The van der Waals surface area contributed by atoms with E-state index in [9.17, 15) is 4.79 Å². The minimum absolute atomic E-state index is 0.101. The Hall–Kier alpha value is -2.86. The molecular weight excluding hydrogens is 336 g/mol. The molecule has 0 aliphatic carbocycles. The summed E-state index contributed by atoms with van der Waals surface area (Å²) in [4.78, 5) is 18.8. The summed E-state index contributed by atoms with van der Waals surface area (Å²) >= 11 is 1.48. The molecule has 1 aliphatic rings. The molecule has 4 rings (SSSR count). The maximum absolute atomic E-state index is 12.6. The number of hydrogen-bond acceptors (Lipinski definition) is 5. The molecule has 0 bridgehead atoms. The van der Waals surface area contributed by atoms with Crippen molar-refractivity contribution in [2.45, 2.75) is 6.54 Å². The minimum atomic E-state index is -0.101. The van der Waals surface area contributed by atoms with E-state index in [1.807, 2.05) is 48.5 Å². The Bertz CT molecular complexity index is 908. The van der Waals surface area contributed by atoms with E-state index in [1.165, 1.54) is 11.3 Å². The Morgan fingerprint density at radius 2 is 1.96 bits per heavy atom. The van der Waals surface area contributed by atoms with Crippen LogP contribution in [0.5, 0.6) is 11.5 Å². The first-order valence-electron chi connectivity index (χ1n) is 7.85. The van der Waals surface area contributed by atoms with Crippen molar-refractivity contribution in [1.82, 2.24) is 9.88 Å². The zero-order chi connectivity index (χ0) is 17.2. The van der Waals surface area contributed by atoms with E-state index in [4.69, 9.17) is 9.47 Å². The molecule has 0 spiro atoms. The van der Waals surface area contributed by atoms with E-state index < -0.39 is 0 Å². The summed E-state index contributed by atoms with van der Waals surface area (Å²) in [6, 6.07) is 15.6. The molecule has 0 N–H and O–H groups in total. The van der Waals surface area contributed by atoms with Crippen molar-refractivity contribution in [2.75, 3.05) is 13.8 Å². The predicted octanol–water partition coefficient (Wildman–Crippen LogP) is 3.81. The van der Waals surface area contributed by atoms with E-state index in [-0.39, 0.29) is 12.7 Å². The van der Waals surface area contributed by atoms with Gasteiger partial charge in [0.25, 0.3) is 5.91 Å². The van der Waals surface area contributed by atoms with Crippen molar-refractivity contribution in [3.8, 4) is 22.1 Å². The molecule has 1 aromatic heterocycles. The number of fused-ring (bicyclic) bond motifs is 1. The molecule has 1 amide bonds. The fraction of sp³-hybridized carbons (Fsp3) is 0.158. The van der Waals surface area contributed by atoms with Gasteiger partial charge in [-0.1, -0.05) is 36.4 Å². The largest absolute Gasteiger partial charge is 0.454 e. The van der Waals surface area contributed by atoms with Crippen molar-refractivity contribution in [3.05, 3.63) is 65.2 Å². The lowest BCUT2D eigenvalue weighted by molar-refractivity contribution is 0.0780. The molecule has 2 aromatic carbocycles. The highest BCUT2D eigenvalue weighted by atomic mass is 32.1. The van der Waals surface area contributed by atoms with E-state index in [0.717, 1.165) is 27.6 Å². The second-order valence-corrected chi connectivity index (χ2v) is 6.61. The molecule has 2 heterocycles. The molecule has 3 aromatic rings. The summed E-state index contributed by atoms with van der Waals surface area (Å²) < 4.78 is 10.7. The average molecular weight is 352 g/mol. The van der Waals surface area contributed by atoms with E-state index in [1.54, 1.807) is 17.3 Å². The summed E-state index contributed by atoms with van der Waals surface area (Å²) in [5, 5.41) is 2.65. The van der Waals surface area contributed by atoms with Crippen LogP contribution in [0.2, 0.25) is 0 Å². The molecule has 25 heavy (non-hydrogen) atoms. The predicted molar refractivity (Wildman–Crippen MR) is 95.9 cm³/mol. The maximum atomic E-state index is 12.6. The molecule has 1 aliphatic heterocycles. The van der Waals surface area contributed by atoms with Gasteiger partial charge in [0.15, 0.2) is 11.5 Å². The van der Waals surface area contributed by atoms with Crippen molar-refractivity contribution >= 4 is 17.2 Å². The van der Waals surface area contributed by atoms with Crippen LogP contribution in [-0.2, 0) is 6.54 Å². The van der Waals surface area contributed by atoms with Gasteiger partial charge in [-0.15, -0.1) is 11.3 Å². The van der Waals surface area contributed by atoms with Crippen molar-refractivity contribution < 1.29 is 14.3 Å². The highest BCUT2D eigenvalue weighted by molar-refractivity contribution is 7.13. The van der Waals surface area contributed by atoms with Gasteiger partial charge in [0.05, 0.1) is 0 Å². The van der Waals surface area contributed by atoms with E-state index >= 15 is 0 Å². The highest BCUT2D eigenvalue weighted by Crippen LogP contribution is 2.33. The zero-order valence-electron chi connectivity index (χ0n) is 13.6. The number of nitrogens with zero attached hydrogens (tertiary/aromatic N) is 2. The smallest absolute Gasteiger partial charge is 0.273 e. The first kappa shape index (κ1) is 15.7. The molecule has 0 fully saturated rings. The third kappa shape index (κ3) is 3.21. The van der Waals surface area contributed by atoms with Crippen LogP contribution in [0.25, 0.3) is 10.6 Å². The lowest BCUT2D eigenvalue weighted by atomic mass is 10.2. The first-order chi connectivity index (χ1) is 12.2. The second kappa shape index (κ2) is 6.57. The fourth-order valence-corrected chi connectivity index (χ4v) is 3.47. The normalized spacial score (nSPS) is 12.2. The van der Waals surface area contributed by atoms with E-state index in [0.29, 0.717) is 12.2 Å². The standard InChI is InChI=1S/C19H16N2O3S/c1-21(10-13-7-8-16-17(9-13)24-12-23-16)19(22)15-11-25-18(20-15)14-5-3-2-4-6-14/h2-9,11H,10,12H2,1H3. The molecule has 126 valence electrons. The molecule has 0 radical (unpaired) electrons. The van der Waals surface area contributed by atoms with Gasteiger partial charge < -0.3 is 14.4 Å². The number of carbonyl (C=O) groups excluding carboxylic acids is 1. The summed E-state index contributed by atoms with van der Waals surface area (Å²) in [6.07, 6.45) is 0. The molecule has 0 saturated heterocycles. The van der Waals surface area contributed by atoms with Crippen molar-refractivity contribution in [1.29, 1.82) is 0 Å². The van der Waals surface area contributed by atoms with Crippen LogP contribution in [0.1, 0.15) is 16.1 Å². The number of rotatable bonds is 4. The average Bonchev–Trinajstić information content (AvgIpc) is 3.31. The van der Waals surface area contributed by atoms with Gasteiger partial charge >= 0.3 is 0 Å². The molecule has 5 nitrogen and oxygen atoms in total. The first-order valence-corrected chi connectivity index (χ1v) is 8.73. The fourth-order valence-electron chi connectivity index (χ4n) is 2.67. The van der Waals surface area contributed by atoms with E-state index in [2.05, 4.69) is 4.98 Å². The lowest BCUT2D eigenvalue weighted by Gasteiger charge is -2.16. The number of carbonyl (C=O) groups is 1. The quantitative estimate of drug-likeness (QED) is 0.716. The molecular formula is C19H16N2O3S. The van der Waals surface area contributed by atoms with Gasteiger partial charge in [0.2, 0.25) is 6.79 Å². The Balaban J connectivity index is 1.48. The van der Waals surface area contributed by atoms with Crippen LogP contribution in [0.15, 0.2) is 53.9 Å². The van der Waals surface area contributed by atoms with Crippen molar-refractivity contribution in [2.24, 2.45) is 0 Å². The number of ether oxygens (including phenoxy) is 2. The van der Waals surface area contributed by atoms with Gasteiger partial charge in [-0.3, -0.25) is 4.79 Å². The number of amides is 1. The Morgan fingerprint density at radius 1 is 1.16 bits per heavy atom. The SMILES string of the molecule is CN(Cc1ccc2c(c1)OCO2)C(=O)c1csc(-c2ccccc2)n1. The van der Waals surface area contributed by atoms with Crippen LogP contribution in [-0.4, -0.2) is 29.6 Å². The third-order valence-corrected chi connectivity index (χ3v) is 4.84. The maximum Gasteiger partial charge on any atom is 0.273 e. The highest BCUT2D eigenvalue weighted by Gasteiger charge is 2.18. The second-order valence-electron chi connectivity index (χ2n) is 5.75. The van der Waals surface area contributed by atoms with Gasteiger partial charge in [-0.05, 0) is 17.7 Å². The number of thiazole rings is 1. The Morgan fingerprint density at radius 3 is 2.80 bits per heavy atom. The molecule has 0 unspecified atom stereocenters. The van der Waals surface area contributed by atoms with Gasteiger partial charge in [-0.2, -0.15) is 0 Å². The number of benzene rings is 2. The summed E-state index contributed by atoms with van der Waals surface area (Å²) in [7, 11) is 1.77. The minimum Gasteiger partial charge on any atom is -0.454 e. The number of aromatic nitrogens is 1.